The minimum atomic E-state index is -0.706. The van der Waals surface area contributed by atoms with Crippen LogP contribution in [0.5, 0.6) is 0 Å². The number of carbonyl (C=O) groups is 2. The quantitative estimate of drug-likeness (QED) is 0.436. The van der Waals surface area contributed by atoms with Crippen LogP contribution < -0.4 is 5.32 Å². The summed E-state index contributed by atoms with van der Waals surface area (Å²) in [6, 6.07) is 8.67. The van der Waals surface area contributed by atoms with Gasteiger partial charge in [-0.3, -0.25) is 4.79 Å². The first-order valence-electron chi connectivity index (χ1n) is 10.2. The number of carbonyl (C=O) groups excluding carboxylic acids is 2. The largest absolute Gasteiger partial charge is 0.467 e. The average molecular weight is 452 g/mol. The van der Waals surface area contributed by atoms with Crippen molar-refractivity contribution in [2.45, 2.75) is 19.1 Å². The third-order valence-electron chi connectivity index (χ3n) is 5.25. The van der Waals surface area contributed by atoms with Crippen LogP contribution in [0.15, 0.2) is 48.8 Å². The highest BCUT2D eigenvalue weighted by atomic mass is 32.1. The molecule has 0 aliphatic carbocycles. The first-order valence-corrected chi connectivity index (χ1v) is 11.0. The van der Waals surface area contributed by atoms with Gasteiger partial charge in [-0.05, 0) is 19.7 Å². The van der Waals surface area contributed by atoms with Crippen molar-refractivity contribution in [3.8, 4) is 0 Å². The van der Waals surface area contributed by atoms with E-state index in [0.29, 0.717) is 25.5 Å². The summed E-state index contributed by atoms with van der Waals surface area (Å²) in [5.74, 6) is 0.133. The van der Waals surface area contributed by atoms with Gasteiger partial charge in [0.05, 0.1) is 19.0 Å². The molecule has 1 aromatic carbocycles. The molecule has 0 saturated heterocycles. The lowest BCUT2D eigenvalue weighted by atomic mass is 10.1. The average Bonchev–Trinajstić information content (AvgIpc) is 3.35. The molecule has 32 heavy (non-hydrogen) atoms. The number of aromatic nitrogens is 2. The molecule has 166 valence electrons. The highest BCUT2D eigenvalue weighted by Crippen LogP contribution is 2.40. The molecule has 1 amide bonds. The van der Waals surface area contributed by atoms with Gasteiger partial charge in [0.2, 0.25) is 5.91 Å². The van der Waals surface area contributed by atoms with E-state index in [1.807, 2.05) is 55.4 Å². The van der Waals surface area contributed by atoms with E-state index in [1.54, 1.807) is 22.3 Å². The number of amides is 1. The smallest absolute Gasteiger partial charge is 0.333 e. The summed E-state index contributed by atoms with van der Waals surface area (Å²) in [5, 5.41) is 4.11. The number of benzene rings is 1. The number of nitrogens with zero attached hydrogens (tertiary/aromatic N) is 4. The monoisotopic (exact) mass is 451 g/mol. The first-order chi connectivity index (χ1) is 15.5. The van der Waals surface area contributed by atoms with Crippen LogP contribution in [0.4, 0.5) is 5.82 Å². The molecule has 3 heterocycles. The molecule has 1 N–H and O–H groups in total. The second-order valence-corrected chi connectivity index (χ2v) is 8.86. The highest BCUT2D eigenvalue weighted by Gasteiger charge is 2.30. The Morgan fingerprint density at radius 1 is 1.25 bits per heavy atom. The Hall–Kier alpha value is -3.30. The number of hydrogen-bond acceptors (Lipinski definition) is 8. The van der Waals surface area contributed by atoms with Crippen LogP contribution in [0.3, 0.4) is 0 Å². The summed E-state index contributed by atoms with van der Waals surface area (Å²) in [7, 11) is 5.28. The predicted molar refractivity (Wildman–Crippen MR) is 124 cm³/mol. The van der Waals surface area contributed by atoms with Gasteiger partial charge in [0.15, 0.2) is 6.04 Å². The van der Waals surface area contributed by atoms with Crippen molar-refractivity contribution >= 4 is 39.2 Å². The summed E-state index contributed by atoms with van der Waals surface area (Å²) in [5.41, 5.74) is 1.81. The van der Waals surface area contributed by atoms with Gasteiger partial charge >= 0.3 is 5.97 Å². The Kier molecular flexibility index (Phi) is 6.48. The molecule has 0 unspecified atom stereocenters. The Bertz CT molecular complexity index is 1160. The van der Waals surface area contributed by atoms with Crippen molar-refractivity contribution in [1.82, 2.24) is 19.8 Å². The van der Waals surface area contributed by atoms with Gasteiger partial charge in [-0.1, -0.05) is 36.4 Å². The zero-order valence-electron chi connectivity index (χ0n) is 18.2. The zero-order valence-corrected chi connectivity index (χ0v) is 19.1. The fourth-order valence-corrected chi connectivity index (χ4v) is 4.83. The summed E-state index contributed by atoms with van der Waals surface area (Å²) in [6.45, 7) is 1.73. The topological polar surface area (TPSA) is 87.7 Å². The number of hydrogen-bond donors (Lipinski definition) is 1. The van der Waals surface area contributed by atoms with Gasteiger partial charge < -0.3 is 19.9 Å². The maximum Gasteiger partial charge on any atom is 0.333 e. The molecule has 0 radical (unpaired) electrons. The highest BCUT2D eigenvalue weighted by molar-refractivity contribution is 7.19. The Morgan fingerprint density at radius 2 is 2.03 bits per heavy atom. The molecule has 9 heteroatoms. The van der Waals surface area contributed by atoms with Gasteiger partial charge in [-0.25, -0.2) is 14.8 Å². The van der Waals surface area contributed by atoms with Crippen LogP contribution in [0.25, 0.3) is 10.2 Å². The molecule has 2 aromatic heterocycles. The van der Waals surface area contributed by atoms with E-state index in [-0.39, 0.29) is 5.91 Å². The molecular weight excluding hydrogens is 426 g/mol. The van der Waals surface area contributed by atoms with Gasteiger partial charge in [-0.15, -0.1) is 11.3 Å². The summed E-state index contributed by atoms with van der Waals surface area (Å²) >= 11 is 1.55. The van der Waals surface area contributed by atoms with E-state index in [9.17, 15) is 9.59 Å². The standard InChI is InChI=1S/C23H25N5O3S/c1-27(2)11-7-10-18(29)28-12-16-17(13-28)32-22-19(16)21(24-14-25-22)26-20(23(30)31-3)15-8-5-4-6-9-15/h4-10,14,20H,11-13H2,1-3H3,(H,24,25,26)/t20-/m0/s1. The van der Waals surface area contributed by atoms with Crippen molar-refractivity contribution in [3.63, 3.8) is 0 Å². The molecule has 8 nitrogen and oxygen atoms in total. The normalized spacial score (nSPS) is 14.2. The molecule has 1 aliphatic rings. The fourth-order valence-electron chi connectivity index (χ4n) is 3.67. The summed E-state index contributed by atoms with van der Waals surface area (Å²) < 4.78 is 5.02. The molecule has 0 bridgehead atoms. The van der Waals surface area contributed by atoms with E-state index in [4.69, 9.17) is 4.74 Å². The number of fused-ring (bicyclic) bond motifs is 3. The second kappa shape index (κ2) is 9.46. The van der Waals surface area contributed by atoms with Crippen LogP contribution in [0.1, 0.15) is 22.0 Å². The number of likely N-dealkylation sites (N-methyl/N-ethyl adjacent to an activating group) is 1. The molecule has 4 rings (SSSR count). The zero-order chi connectivity index (χ0) is 22.7. The minimum Gasteiger partial charge on any atom is -0.467 e. The summed E-state index contributed by atoms with van der Waals surface area (Å²) in [6.07, 6.45) is 4.98. The van der Waals surface area contributed by atoms with Crippen molar-refractivity contribution in [2.75, 3.05) is 33.1 Å². The first kappa shape index (κ1) is 21.9. The number of ether oxygens (including phenoxy) is 1. The van der Waals surface area contributed by atoms with E-state index in [0.717, 1.165) is 26.2 Å². The number of thiophene rings is 1. The Balaban J connectivity index is 1.62. The Morgan fingerprint density at radius 3 is 2.75 bits per heavy atom. The molecule has 1 atom stereocenters. The van der Waals surface area contributed by atoms with Crippen molar-refractivity contribution in [3.05, 3.63) is 64.8 Å². The predicted octanol–water partition coefficient (Wildman–Crippen LogP) is 2.98. The summed E-state index contributed by atoms with van der Waals surface area (Å²) in [4.78, 5) is 39.7. The lowest BCUT2D eigenvalue weighted by Crippen LogP contribution is -2.24. The SMILES string of the molecule is COC(=O)[C@@H](Nc1ncnc2sc3c(c12)CN(C(=O)C=CCN(C)C)C3)c1ccccc1. The van der Waals surface area contributed by atoms with E-state index in [1.165, 1.54) is 13.4 Å². The van der Waals surface area contributed by atoms with Crippen LogP contribution >= 0.6 is 11.3 Å². The van der Waals surface area contributed by atoms with Gasteiger partial charge in [0, 0.05) is 29.6 Å². The van der Waals surface area contributed by atoms with E-state index < -0.39 is 12.0 Å². The van der Waals surface area contributed by atoms with Gasteiger partial charge in [0.25, 0.3) is 0 Å². The van der Waals surface area contributed by atoms with Crippen molar-refractivity contribution < 1.29 is 14.3 Å². The molecular formula is C23H25N5O3S. The number of methoxy groups -OCH3 is 1. The third-order valence-corrected chi connectivity index (χ3v) is 6.37. The Labute approximate surface area is 190 Å². The lowest BCUT2D eigenvalue weighted by molar-refractivity contribution is -0.141. The fraction of sp³-hybridized carbons (Fsp3) is 0.304. The van der Waals surface area contributed by atoms with Gasteiger partial charge in [0.1, 0.15) is 17.0 Å². The number of anilines is 1. The molecule has 1 aliphatic heterocycles. The maximum absolute atomic E-state index is 12.6. The van der Waals surface area contributed by atoms with Crippen LogP contribution in [0, 0.1) is 0 Å². The second-order valence-electron chi connectivity index (χ2n) is 7.78. The van der Waals surface area contributed by atoms with Crippen molar-refractivity contribution in [1.29, 1.82) is 0 Å². The third kappa shape index (κ3) is 4.49. The minimum absolute atomic E-state index is 0.0218. The van der Waals surface area contributed by atoms with Crippen LogP contribution in [0.2, 0.25) is 0 Å². The van der Waals surface area contributed by atoms with Crippen LogP contribution in [-0.4, -0.2) is 59.4 Å². The molecule has 0 fully saturated rings. The number of rotatable bonds is 7. The number of nitrogens with one attached hydrogen (secondary N) is 1. The van der Waals surface area contributed by atoms with E-state index >= 15 is 0 Å². The van der Waals surface area contributed by atoms with E-state index in [2.05, 4.69) is 15.3 Å². The van der Waals surface area contributed by atoms with Crippen LogP contribution in [-0.2, 0) is 27.4 Å². The van der Waals surface area contributed by atoms with Crippen molar-refractivity contribution in [2.24, 2.45) is 0 Å². The lowest BCUT2D eigenvalue weighted by Gasteiger charge is -2.18. The van der Waals surface area contributed by atoms with Gasteiger partial charge in [-0.2, -0.15) is 0 Å². The number of esters is 1. The maximum atomic E-state index is 12.6. The molecule has 3 aromatic rings. The molecule has 0 saturated carbocycles. The molecule has 0 spiro atoms.